The molecule has 21 aromatic rings. The van der Waals surface area contributed by atoms with Gasteiger partial charge in [-0.05, 0) is 308 Å². The number of para-hydroxylation sites is 4. The third-order valence-corrected chi connectivity index (χ3v) is 31.5. The summed E-state index contributed by atoms with van der Waals surface area (Å²) in [7, 11) is 0. The summed E-state index contributed by atoms with van der Waals surface area (Å²) in [6, 6.07) is 163. The van der Waals surface area contributed by atoms with Gasteiger partial charge in [0.1, 0.15) is 0 Å². The highest BCUT2D eigenvalue weighted by Gasteiger charge is 2.54. The standard InChI is InChI=1S/C130H99BN4/c1-128(2,3)92-82-125-127-126(83-92)133(75-35-7-9-37-85-39-15-17-45-96(85)91-63-69-104-102-51-23-31-59-114(102)130(116(104)79-91)111-56-28-20-48-99(111)100-49-21-29-57-112(100)130)124-81-89(87-67-73-122-108(77-87)106-53-25-33-61-120(106)135(122)94-42-12-5-13-43-94)65-71-118(124)131(127)117-70-64-88(86-66-72-121-107(76-86)105-52-24-32-60-119(105)134(121)93-40-10-4-11-41-93)80-123(117)132(125)74-34-6-8-36-84-38-14-16-44-95(84)90-62-68-103-101-50-22-30-58-113(101)129(115(103)78-90)109-54-26-18-46-97(109)98-47-19-27-55-110(98)129/h4-5,10-33,38-73,76-83H,6-9,34-37,74-75H2,1-3H3. The van der Waals surface area contributed by atoms with Crippen molar-refractivity contribution in [2.24, 2.45) is 0 Å². The van der Waals surface area contributed by atoms with Gasteiger partial charge in [-0.2, -0.15) is 0 Å². The molecule has 5 heteroatoms. The summed E-state index contributed by atoms with van der Waals surface area (Å²) in [6.45, 7) is 8.98. The van der Waals surface area contributed by atoms with Crippen LogP contribution in [0.4, 0.5) is 22.7 Å². The average Bonchev–Trinajstić information content (AvgIpc) is 1.58. The molecule has 2 spiro atoms. The van der Waals surface area contributed by atoms with Crippen molar-refractivity contribution in [1.82, 2.24) is 9.13 Å². The molecule has 0 amide bonds. The molecule has 0 saturated carbocycles. The topological polar surface area (TPSA) is 16.3 Å². The number of benzene rings is 19. The maximum Gasteiger partial charge on any atom is 0.252 e. The van der Waals surface area contributed by atoms with Crippen molar-refractivity contribution in [3.8, 4) is 100 Å². The van der Waals surface area contributed by atoms with E-state index in [1.165, 1.54) is 233 Å². The van der Waals surface area contributed by atoms with E-state index < -0.39 is 10.8 Å². The van der Waals surface area contributed by atoms with Crippen LogP contribution in [0.25, 0.3) is 144 Å². The molecule has 0 radical (unpaired) electrons. The molecule has 642 valence electrons. The fourth-order valence-corrected chi connectivity index (χ4v) is 25.5. The zero-order chi connectivity index (χ0) is 89.4. The highest BCUT2D eigenvalue weighted by molar-refractivity contribution is 7.00. The first-order chi connectivity index (χ1) is 66.6. The van der Waals surface area contributed by atoms with E-state index in [0.29, 0.717) is 0 Å². The van der Waals surface area contributed by atoms with Crippen LogP contribution < -0.4 is 26.2 Å². The minimum atomic E-state index is -0.408. The number of rotatable bonds is 18. The van der Waals surface area contributed by atoms with E-state index in [9.17, 15) is 0 Å². The Hall–Kier alpha value is -15.6. The number of fused-ring (bicyclic) bond motifs is 30. The van der Waals surface area contributed by atoms with Crippen LogP contribution in [0, 0.1) is 0 Å². The maximum absolute atomic E-state index is 2.80. The van der Waals surface area contributed by atoms with Gasteiger partial charge in [-0.25, -0.2) is 0 Å². The second kappa shape index (κ2) is 31.0. The first-order valence-corrected chi connectivity index (χ1v) is 48.9. The lowest BCUT2D eigenvalue weighted by Gasteiger charge is -2.45. The van der Waals surface area contributed by atoms with Crippen molar-refractivity contribution < 1.29 is 0 Å². The lowest BCUT2D eigenvalue weighted by atomic mass is 9.33. The van der Waals surface area contributed by atoms with Gasteiger partial charge in [0.15, 0.2) is 0 Å². The van der Waals surface area contributed by atoms with E-state index in [4.69, 9.17) is 0 Å². The highest BCUT2D eigenvalue weighted by atomic mass is 15.2. The van der Waals surface area contributed by atoms with Crippen molar-refractivity contribution in [3.05, 3.63) is 486 Å². The summed E-state index contributed by atoms with van der Waals surface area (Å²) in [5.41, 5.74) is 51.5. The Morgan fingerprint density at radius 3 is 0.926 bits per heavy atom. The molecule has 4 heterocycles. The van der Waals surface area contributed by atoms with Crippen LogP contribution in [0.1, 0.15) is 120 Å². The Morgan fingerprint density at radius 2 is 0.541 bits per heavy atom. The minimum Gasteiger partial charge on any atom is -0.342 e. The van der Waals surface area contributed by atoms with Gasteiger partial charge in [-0.15, -0.1) is 0 Å². The Kier molecular flexibility index (Phi) is 18.2. The summed E-state index contributed by atoms with van der Waals surface area (Å²) < 4.78 is 4.88. The molecule has 0 N–H and O–H groups in total. The van der Waals surface area contributed by atoms with E-state index in [-0.39, 0.29) is 12.1 Å². The summed E-state index contributed by atoms with van der Waals surface area (Å²) in [4.78, 5) is 5.60. The predicted octanol–water partition coefficient (Wildman–Crippen LogP) is 30.8. The number of aromatic nitrogens is 2. The molecule has 0 bridgehead atoms. The third-order valence-electron chi connectivity index (χ3n) is 31.5. The fraction of sp³-hybridized carbons (Fsp3) is 0.123. The summed E-state index contributed by atoms with van der Waals surface area (Å²) in [6.07, 6.45) is 8.24. The van der Waals surface area contributed by atoms with Gasteiger partial charge in [-0.1, -0.05) is 361 Å². The molecule has 135 heavy (non-hydrogen) atoms. The Balaban J connectivity index is 0.561. The SMILES string of the molecule is CC(C)(C)c1cc2c3c(c1)N(CCCCCc1ccccc1-c1ccc4c(c1)C1(c5ccccc5-c5ccccc51)c1ccccc1-4)c1cc(-c4ccc5c(c4)c4ccccc4n5-c4ccccc4)ccc1B3c1ccc(-c3ccc4c(c3)c3ccccc3n4-c3ccccc3)cc1N2CCCCCc1ccccc1-c1ccc2c(c1)C1(c3ccccc3-c3ccccc31)c1ccccc1-2. The van der Waals surface area contributed by atoms with Gasteiger partial charge < -0.3 is 18.9 Å². The second-order valence-corrected chi connectivity index (χ2v) is 39.5. The van der Waals surface area contributed by atoms with Gasteiger partial charge in [0.25, 0.3) is 6.71 Å². The third kappa shape index (κ3) is 12.0. The number of nitrogens with zero attached hydrogens (tertiary/aromatic N) is 4. The largest absolute Gasteiger partial charge is 0.342 e. The van der Waals surface area contributed by atoms with E-state index in [0.717, 1.165) is 75.8 Å². The monoisotopic (exact) mass is 1730 g/mol. The molecule has 0 fully saturated rings. The zero-order valence-electron chi connectivity index (χ0n) is 76.4. The summed E-state index contributed by atoms with van der Waals surface area (Å²) in [5, 5.41) is 5.02. The van der Waals surface area contributed by atoms with Crippen LogP contribution in [-0.4, -0.2) is 28.9 Å². The predicted molar refractivity (Wildman–Crippen MR) is 568 cm³/mol. The fourth-order valence-electron chi connectivity index (χ4n) is 25.5. The molecule has 6 aliphatic rings. The lowest BCUT2D eigenvalue weighted by molar-refractivity contribution is 0.590. The number of hydrogen-bond acceptors (Lipinski definition) is 2. The Labute approximate surface area is 790 Å². The van der Waals surface area contributed by atoms with Crippen molar-refractivity contribution in [3.63, 3.8) is 0 Å². The highest BCUT2D eigenvalue weighted by Crippen LogP contribution is 2.66. The molecule has 0 unspecified atom stereocenters. The lowest BCUT2D eigenvalue weighted by Crippen LogP contribution is -2.62. The molecule has 27 rings (SSSR count). The first-order valence-electron chi connectivity index (χ1n) is 48.9. The Bertz CT molecular complexity index is 7850. The minimum absolute atomic E-state index is 0.0434. The van der Waals surface area contributed by atoms with Crippen LogP contribution in [0.2, 0.25) is 0 Å². The van der Waals surface area contributed by atoms with Gasteiger partial charge in [0.2, 0.25) is 0 Å². The van der Waals surface area contributed by atoms with Crippen LogP contribution in [-0.2, 0) is 29.1 Å². The second-order valence-electron chi connectivity index (χ2n) is 39.5. The molecule has 19 aromatic carbocycles. The van der Waals surface area contributed by atoms with E-state index in [2.05, 4.69) is 464 Å². The molecule has 0 atom stereocenters. The van der Waals surface area contributed by atoms with Gasteiger partial charge in [0.05, 0.1) is 32.9 Å². The van der Waals surface area contributed by atoms with Gasteiger partial charge >= 0.3 is 0 Å². The van der Waals surface area contributed by atoms with E-state index >= 15 is 0 Å². The quantitative estimate of drug-likeness (QED) is 0.0629. The number of unbranched alkanes of at least 4 members (excludes halogenated alkanes) is 4. The Morgan fingerprint density at radius 1 is 0.230 bits per heavy atom. The molecule has 2 aromatic heterocycles. The van der Waals surface area contributed by atoms with Crippen molar-refractivity contribution in [2.45, 2.75) is 88.4 Å². The molecular formula is C130H99BN4. The first kappa shape index (κ1) is 79.2. The average molecular weight is 1730 g/mol. The van der Waals surface area contributed by atoms with Gasteiger partial charge in [-0.3, -0.25) is 0 Å². The zero-order valence-corrected chi connectivity index (χ0v) is 76.4. The molecule has 0 saturated heterocycles. The number of anilines is 4. The maximum atomic E-state index is 2.80. The van der Waals surface area contributed by atoms with Crippen molar-refractivity contribution >= 4 is 89.5 Å². The van der Waals surface area contributed by atoms with Crippen molar-refractivity contribution in [1.29, 1.82) is 0 Å². The van der Waals surface area contributed by atoms with Gasteiger partial charge in [0, 0.05) is 68.8 Å². The van der Waals surface area contributed by atoms with E-state index in [1.807, 2.05) is 0 Å². The van der Waals surface area contributed by atoms with Crippen molar-refractivity contribution in [2.75, 3.05) is 22.9 Å². The van der Waals surface area contributed by atoms with Crippen LogP contribution in [0.3, 0.4) is 0 Å². The van der Waals surface area contributed by atoms with E-state index in [1.54, 1.807) is 0 Å². The summed E-state index contributed by atoms with van der Waals surface area (Å²) in [5.74, 6) is 0. The molecule has 4 aliphatic carbocycles. The smallest absolute Gasteiger partial charge is 0.252 e. The molecular weight excluding hydrogens is 1630 g/mol. The van der Waals surface area contributed by atoms with Crippen LogP contribution in [0.15, 0.2) is 425 Å². The molecule has 2 aliphatic heterocycles. The van der Waals surface area contributed by atoms with Crippen LogP contribution >= 0.6 is 0 Å². The number of hydrogen-bond donors (Lipinski definition) is 0. The van der Waals surface area contributed by atoms with Crippen LogP contribution in [0.5, 0.6) is 0 Å². The molecule has 4 nitrogen and oxygen atoms in total. The normalized spacial score (nSPS) is 13.8. The summed E-state index contributed by atoms with van der Waals surface area (Å²) >= 11 is 0. The number of aryl methyl sites for hydroxylation is 2.